The molecule has 344 valence electrons. The highest BCUT2D eigenvalue weighted by Crippen LogP contribution is 2.32. The van der Waals surface area contributed by atoms with Crippen LogP contribution in [0.1, 0.15) is 123 Å². The number of ketones is 4. The number of anilines is 4. The molecule has 4 aromatic rings. The summed E-state index contributed by atoms with van der Waals surface area (Å²) in [5.74, 6) is -3.00. The third-order valence-corrected chi connectivity index (χ3v) is 10.4. The van der Waals surface area contributed by atoms with Crippen LogP contribution in [0.2, 0.25) is 0 Å². The molecule has 4 amide bonds. The van der Waals surface area contributed by atoms with E-state index in [1.165, 1.54) is 61.4 Å². The number of nitrogens with two attached hydrogens (primary N) is 1. The summed E-state index contributed by atoms with van der Waals surface area (Å²) in [7, 11) is 0. The van der Waals surface area contributed by atoms with Crippen molar-refractivity contribution in [3.05, 3.63) is 117 Å². The highest BCUT2D eigenvalue weighted by molar-refractivity contribution is 6.31. The van der Waals surface area contributed by atoms with E-state index in [2.05, 4.69) is 52.7 Å². The molecular weight excluding hydrogens is 873 g/mol. The van der Waals surface area contributed by atoms with Gasteiger partial charge in [0, 0.05) is 67.3 Å². The highest BCUT2D eigenvalue weighted by Gasteiger charge is 2.32. The Morgan fingerprint density at radius 3 is 0.954 bits per heavy atom. The summed E-state index contributed by atoms with van der Waals surface area (Å²) in [5, 5.41) is 16.7. The van der Waals surface area contributed by atoms with E-state index in [1.807, 2.05) is 0 Å². The fourth-order valence-corrected chi connectivity index (χ4v) is 6.76. The van der Waals surface area contributed by atoms with E-state index >= 15 is 0 Å². The number of carbonyl (C=O) groups is 8. The van der Waals surface area contributed by atoms with Gasteiger partial charge in [0.25, 0.3) is 0 Å². The number of unbranched alkanes of at least 4 members (excludes halogenated alkanes) is 3. The topological polar surface area (TPSA) is 235 Å². The minimum atomic E-state index is -0.423. The predicted octanol–water partition coefficient (Wildman–Crippen LogP) is 6.68. The van der Waals surface area contributed by atoms with Gasteiger partial charge in [-0.3, -0.25) is 38.4 Å². The zero-order valence-corrected chi connectivity index (χ0v) is 38.2. The Bertz CT molecular complexity index is 2270. The Labute approximate surface area is 388 Å². The van der Waals surface area contributed by atoms with Crippen LogP contribution in [0.25, 0.3) is 0 Å². The first-order valence-corrected chi connectivity index (χ1v) is 22.5. The zero-order valence-electron chi connectivity index (χ0n) is 36.7. The van der Waals surface area contributed by atoms with Crippen LogP contribution in [0.4, 0.5) is 22.7 Å². The number of carbonyl (C=O) groups excluding carboxylic acids is 8. The van der Waals surface area contributed by atoms with E-state index in [0.717, 1.165) is 45.3 Å². The Balaban J connectivity index is 0.000000265. The lowest BCUT2D eigenvalue weighted by Gasteiger charge is -2.19. The van der Waals surface area contributed by atoms with Crippen LogP contribution in [0.3, 0.4) is 0 Å². The first-order chi connectivity index (χ1) is 31.3. The van der Waals surface area contributed by atoms with Gasteiger partial charge in [-0.05, 0) is 112 Å². The summed E-state index contributed by atoms with van der Waals surface area (Å²) >= 11 is 10.9. The molecule has 65 heavy (non-hydrogen) atoms. The monoisotopic (exact) mass is 927 g/mol. The molecule has 0 saturated heterocycles. The molecule has 0 unspecified atom stereocenters. The average Bonchev–Trinajstić information content (AvgIpc) is 3.30. The first kappa shape index (κ1) is 51.5. The lowest BCUT2D eigenvalue weighted by molar-refractivity contribution is -0.116. The second-order valence-electron chi connectivity index (χ2n) is 15.0. The van der Waals surface area contributed by atoms with E-state index in [9.17, 15) is 38.4 Å². The molecule has 0 bridgehead atoms. The van der Waals surface area contributed by atoms with Gasteiger partial charge in [0.05, 0.1) is 13.1 Å². The van der Waals surface area contributed by atoms with Crippen molar-refractivity contribution in [1.29, 1.82) is 0 Å². The normalized spacial score (nSPS) is 11.9. The molecule has 0 aliphatic heterocycles. The molecule has 15 nitrogen and oxygen atoms in total. The van der Waals surface area contributed by atoms with Crippen molar-refractivity contribution >= 4 is 92.7 Å². The van der Waals surface area contributed by atoms with Gasteiger partial charge < -0.3 is 37.6 Å². The second kappa shape index (κ2) is 26.0. The van der Waals surface area contributed by atoms with Crippen LogP contribution in [-0.2, 0) is 19.2 Å². The van der Waals surface area contributed by atoms with E-state index in [4.69, 9.17) is 28.9 Å². The average molecular weight is 929 g/mol. The summed E-state index contributed by atoms with van der Waals surface area (Å²) in [4.78, 5) is 98.9. The van der Waals surface area contributed by atoms with Crippen LogP contribution in [-0.4, -0.2) is 91.2 Å². The van der Waals surface area contributed by atoms with E-state index in [0.29, 0.717) is 33.9 Å². The lowest BCUT2D eigenvalue weighted by atomic mass is 9.83. The smallest absolute Gasteiger partial charge is 0.239 e. The minimum absolute atomic E-state index is 0.170. The molecule has 0 heterocycles. The van der Waals surface area contributed by atoms with Gasteiger partial charge in [0.2, 0.25) is 23.6 Å². The van der Waals surface area contributed by atoms with Gasteiger partial charge in [-0.1, -0.05) is 40.0 Å². The van der Waals surface area contributed by atoms with E-state index in [-0.39, 0.29) is 93.2 Å². The van der Waals surface area contributed by atoms with Crippen LogP contribution < -0.4 is 37.6 Å². The quantitative estimate of drug-likeness (QED) is 0.0355. The molecule has 0 aromatic heterocycles. The lowest BCUT2D eigenvalue weighted by Crippen LogP contribution is -2.29. The van der Waals surface area contributed by atoms with Crippen molar-refractivity contribution in [3.8, 4) is 0 Å². The van der Waals surface area contributed by atoms with Crippen molar-refractivity contribution in [2.45, 2.75) is 59.3 Å². The van der Waals surface area contributed by atoms with Crippen LogP contribution in [0.5, 0.6) is 0 Å². The maximum absolute atomic E-state index is 13.2. The van der Waals surface area contributed by atoms with Gasteiger partial charge in [0.15, 0.2) is 23.1 Å². The number of nitrogens with one attached hydrogen (secondary N) is 6. The van der Waals surface area contributed by atoms with Crippen molar-refractivity contribution in [2.75, 3.05) is 65.8 Å². The Morgan fingerprint density at radius 1 is 0.431 bits per heavy atom. The molecule has 4 aromatic carbocycles. The van der Waals surface area contributed by atoms with Crippen LogP contribution in [0.15, 0.2) is 72.8 Å². The molecule has 2 aliphatic rings. The Morgan fingerprint density at radius 2 is 0.708 bits per heavy atom. The third kappa shape index (κ3) is 14.4. The first-order valence-electron chi connectivity index (χ1n) is 21.5. The molecule has 0 spiro atoms. The fraction of sp³-hybridized carbons (Fsp3) is 0.333. The predicted molar refractivity (Wildman–Crippen MR) is 255 cm³/mol. The molecule has 2 aliphatic carbocycles. The van der Waals surface area contributed by atoms with Gasteiger partial charge in [0.1, 0.15) is 11.8 Å². The standard InChI is InChI=1S/C26H32N4O4.C18H12Cl2N2O4.C4H11N/c1-3-5-11-27-15-23(31)29-17-7-9-19-21(13-17)26(34)22-14-18(8-10-20(22)25(19)33)30-24(32)16-28-12-6-4-2;19-7-15(23)21-9-1-3-11-13(5-9)18(26)14-6-10(22-16(24)8-20)2-4-12(14)17(11)25;1-2-3-4-5/h7-10,13-14,27-28H,3-6,11-12,15-16H2,1-2H3,(H,29,31)(H,30,32);1-6H,7-8H2,(H,21,23)(H,22,24);2-5H2,1H3. The number of alkyl halides is 2. The largest absolute Gasteiger partial charge is 0.330 e. The summed E-state index contributed by atoms with van der Waals surface area (Å²) < 4.78 is 0. The molecule has 8 N–H and O–H groups in total. The van der Waals surface area contributed by atoms with Crippen molar-refractivity contribution in [2.24, 2.45) is 5.73 Å². The maximum Gasteiger partial charge on any atom is 0.239 e. The van der Waals surface area contributed by atoms with Gasteiger partial charge in [-0.25, -0.2) is 0 Å². The number of rotatable bonds is 18. The summed E-state index contributed by atoms with van der Waals surface area (Å²) in [6.45, 7) is 8.98. The SMILES string of the molecule is CCCCN.CCCCNCC(=O)Nc1ccc2c(c1)C(=O)c1cc(NC(=O)CNCCCC)ccc1C2=O.O=C(CCl)Nc1ccc2c(c1)C(=O)c1cc(NC(=O)CCl)ccc1C2=O. The number of amides is 4. The molecule has 0 atom stereocenters. The van der Waals surface area contributed by atoms with Crippen LogP contribution in [0, 0.1) is 0 Å². The number of hydrogen-bond donors (Lipinski definition) is 7. The van der Waals surface area contributed by atoms with E-state index in [1.54, 1.807) is 24.3 Å². The maximum atomic E-state index is 13.2. The number of hydrogen-bond acceptors (Lipinski definition) is 11. The van der Waals surface area contributed by atoms with Gasteiger partial charge in [-0.2, -0.15) is 0 Å². The van der Waals surface area contributed by atoms with E-state index < -0.39 is 11.8 Å². The number of halogens is 2. The highest BCUT2D eigenvalue weighted by atomic mass is 35.5. The van der Waals surface area contributed by atoms with Crippen molar-refractivity contribution in [1.82, 2.24) is 10.6 Å². The number of benzene rings is 4. The van der Waals surface area contributed by atoms with Gasteiger partial charge in [-0.15, -0.1) is 23.2 Å². The van der Waals surface area contributed by atoms with Crippen molar-refractivity contribution in [3.63, 3.8) is 0 Å². The zero-order chi connectivity index (χ0) is 47.5. The number of fused-ring (bicyclic) bond motifs is 4. The summed E-state index contributed by atoms with van der Waals surface area (Å²) in [5.41, 5.74) is 8.71. The molecule has 0 saturated carbocycles. The second-order valence-corrected chi connectivity index (χ2v) is 15.6. The molecule has 17 heteroatoms. The Hall–Kier alpha value is -6.10. The molecular formula is C48H55Cl2N7O8. The van der Waals surface area contributed by atoms with Crippen molar-refractivity contribution < 1.29 is 38.4 Å². The molecule has 0 fully saturated rings. The molecule has 6 rings (SSSR count). The van der Waals surface area contributed by atoms with Gasteiger partial charge >= 0.3 is 0 Å². The Kier molecular flexibility index (Phi) is 20.6. The minimum Gasteiger partial charge on any atom is -0.330 e. The third-order valence-electron chi connectivity index (χ3n) is 9.96. The molecule has 0 radical (unpaired) electrons. The van der Waals surface area contributed by atoms with Crippen LogP contribution >= 0.6 is 23.2 Å². The summed E-state index contributed by atoms with van der Waals surface area (Å²) in [6, 6.07) is 18.4. The summed E-state index contributed by atoms with van der Waals surface area (Å²) in [6.07, 6.45) is 6.44. The fourth-order valence-electron chi connectivity index (χ4n) is 6.62.